The number of ether oxygens (including phenoxy) is 1. The standard InChI is InChI=1S/C6H9Cl2O2/c7-4-6(8)2-1-3-10-5-9/h6H,1-4H2. The van der Waals surface area contributed by atoms with Gasteiger partial charge in [0.25, 0.3) is 0 Å². The van der Waals surface area contributed by atoms with E-state index in [1.165, 1.54) is 6.47 Å². The van der Waals surface area contributed by atoms with Crippen LogP contribution in [0.3, 0.4) is 0 Å². The maximum absolute atomic E-state index is 9.51. The summed E-state index contributed by atoms with van der Waals surface area (Å²) < 4.78 is 4.32. The van der Waals surface area contributed by atoms with Gasteiger partial charge in [0.2, 0.25) is 0 Å². The van der Waals surface area contributed by atoms with E-state index < -0.39 is 0 Å². The van der Waals surface area contributed by atoms with Gasteiger partial charge in [-0.3, -0.25) is 0 Å². The third-order valence-electron chi connectivity index (χ3n) is 0.990. The zero-order valence-electron chi connectivity index (χ0n) is 5.48. The number of hydrogen-bond donors (Lipinski definition) is 0. The van der Waals surface area contributed by atoms with Gasteiger partial charge in [-0.15, -0.1) is 23.2 Å². The number of carbonyl (C=O) groups excluding carboxylic acids is 1. The average Bonchev–Trinajstić information content (AvgIpc) is 1.98. The van der Waals surface area contributed by atoms with Crippen LogP contribution in [0.15, 0.2) is 0 Å². The molecule has 0 bridgehead atoms. The highest BCUT2D eigenvalue weighted by Crippen LogP contribution is 2.06. The van der Waals surface area contributed by atoms with Crippen LogP contribution < -0.4 is 0 Å². The van der Waals surface area contributed by atoms with Crippen molar-refractivity contribution in [1.82, 2.24) is 0 Å². The Morgan fingerprint density at radius 1 is 1.60 bits per heavy atom. The Kier molecular flexibility index (Phi) is 7.20. The van der Waals surface area contributed by atoms with Gasteiger partial charge in [0.1, 0.15) is 0 Å². The first-order valence-electron chi connectivity index (χ1n) is 3.00. The molecule has 0 N–H and O–H groups in total. The molecule has 0 aromatic carbocycles. The van der Waals surface area contributed by atoms with Gasteiger partial charge < -0.3 is 4.74 Å². The fourth-order valence-corrected chi connectivity index (χ4v) is 0.804. The summed E-state index contributed by atoms with van der Waals surface area (Å²) in [6.45, 7) is 1.71. The maximum Gasteiger partial charge on any atom is 0.417 e. The lowest BCUT2D eigenvalue weighted by atomic mass is 10.2. The number of alkyl halides is 2. The first-order chi connectivity index (χ1) is 4.81. The minimum Gasteiger partial charge on any atom is -0.457 e. The topological polar surface area (TPSA) is 26.3 Å². The molecule has 4 heteroatoms. The van der Waals surface area contributed by atoms with Crippen molar-refractivity contribution in [1.29, 1.82) is 0 Å². The molecule has 1 unspecified atom stereocenters. The van der Waals surface area contributed by atoms with E-state index in [-0.39, 0.29) is 5.38 Å². The van der Waals surface area contributed by atoms with Gasteiger partial charge in [0.15, 0.2) is 0 Å². The Morgan fingerprint density at radius 3 is 2.80 bits per heavy atom. The highest BCUT2D eigenvalue weighted by atomic mass is 35.5. The summed E-state index contributed by atoms with van der Waals surface area (Å²) in [6, 6.07) is 0. The van der Waals surface area contributed by atoms with Crippen molar-refractivity contribution in [2.75, 3.05) is 12.5 Å². The Balaban J connectivity index is 2.95. The first kappa shape index (κ1) is 10.0. The van der Waals surface area contributed by atoms with E-state index in [2.05, 4.69) is 4.74 Å². The summed E-state index contributed by atoms with van der Waals surface area (Å²) in [5.41, 5.74) is 0. The Morgan fingerprint density at radius 2 is 2.30 bits per heavy atom. The molecule has 0 saturated carbocycles. The lowest BCUT2D eigenvalue weighted by Gasteiger charge is -2.02. The third-order valence-corrected chi connectivity index (χ3v) is 1.89. The zero-order chi connectivity index (χ0) is 7.82. The molecule has 1 radical (unpaired) electrons. The molecule has 0 aromatic heterocycles. The number of hydrogen-bond acceptors (Lipinski definition) is 2. The molecule has 0 amide bonds. The second-order valence-corrected chi connectivity index (χ2v) is 2.75. The maximum atomic E-state index is 9.51. The van der Waals surface area contributed by atoms with Crippen molar-refractivity contribution < 1.29 is 9.53 Å². The van der Waals surface area contributed by atoms with Crippen LogP contribution in [0, 0.1) is 0 Å². The highest BCUT2D eigenvalue weighted by Gasteiger charge is 2.00. The predicted molar refractivity (Wildman–Crippen MR) is 41.2 cm³/mol. The van der Waals surface area contributed by atoms with E-state index in [0.717, 1.165) is 12.8 Å². The smallest absolute Gasteiger partial charge is 0.417 e. The Bertz CT molecular complexity index is 87.8. The first-order valence-corrected chi connectivity index (χ1v) is 3.97. The van der Waals surface area contributed by atoms with E-state index in [0.29, 0.717) is 12.5 Å². The van der Waals surface area contributed by atoms with Crippen LogP contribution in [0.5, 0.6) is 0 Å². The minimum atomic E-state index is -0.0167. The van der Waals surface area contributed by atoms with Crippen LogP contribution in [-0.4, -0.2) is 24.3 Å². The van der Waals surface area contributed by atoms with Crippen LogP contribution in [-0.2, 0) is 9.53 Å². The molecule has 0 aromatic rings. The molecule has 59 valence electrons. The van der Waals surface area contributed by atoms with Crippen LogP contribution in [0.2, 0.25) is 0 Å². The lowest BCUT2D eigenvalue weighted by Crippen LogP contribution is -2.02. The molecule has 0 rings (SSSR count). The van der Waals surface area contributed by atoms with Crippen molar-refractivity contribution in [2.45, 2.75) is 18.2 Å². The number of halogens is 2. The summed E-state index contributed by atoms with van der Waals surface area (Å²) >= 11 is 11.1. The van der Waals surface area contributed by atoms with Gasteiger partial charge in [-0.25, -0.2) is 4.79 Å². The Hall–Kier alpha value is 0.0500. The molecule has 0 aliphatic rings. The van der Waals surface area contributed by atoms with Crippen molar-refractivity contribution in [2.24, 2.45) is 0 Å². The van der Waals surface area contributed by atoms with Gasteiger partial charge in [-0.1, -0.05) is 0 Å². The summed E-state index contributed by atoms with van der Waals surface area (Å²) in [4.78, 5) is 9.51. The van der Waals surface area contributed by atoms with Gasteiger partial charge >= 0.3 is 6.47 Å². The van der Waals surface area contributed by atoms with Crippen LogP contribution in [0.1, 0.15) is 12.8 Å². The van der Waals surface area contributed by atoms with E-state index in [4.69, 9.17) is 23.2 Å². The zero-order valence-corrected chi connectivity index (χ0v) is 6.99. The Labute approximate surface area is 70.4 Å². The largest absolute Gasteiger partial charge is 0.457 e. The molecular formula is C6H9Cl2O2. The monoisotopic (exact) mass is 183 g/mol. The molecule has 2 nitrogen and oxygen atoms in total. The minimum absolute atomic E-state index is 0.0167. The van der Waals surface area contributed by atoms with Crippen molar-refractivity contribution in [3.8, 4) is 0 Å². The van der Waals surface area contributed by atoms with E-state index in [1.807, 2.05) is 0 Å². The number of rotatable bonds is 6. The molecule has 0 aliphatic heterocycles. The summed E-state index contributed by atoms with van der Waals surface area (Å²) in [6.07, 6.45) is 1.52. The highest BCUT2D eigenvalue weighted by molar-refractivity contribution is 6.28. The van der Waals surface area contributed by atoms with Crippen molar-refractivity contribution in [3.05, 3.63) is 0 Å². The summed E-state index contributed by atoms with van der Waals surface area (Å²) in [5, 5.41) is -0.0167. The van der Waals surface area contributed by atoms with E-state index in [9.17, 15) is 4.79 Å². The average molecular weight is 184 g/mol. The molecule has 0 spiro atoms. The lowest BCUT2D eigenvalue weighted by molar-refractivity contribution is 0.270. The second kappa shape index (κ2) is 7.16. The molecular weight excluding hydrogens is 175 g/mol. The quantitative estimate of drug-likeness (QED) is 0.463. The van der Waals surface area contributed by atoms with Gasteiger partial charge in [-0.2, -0.15) is 0 Å². The SMILES string of the molecule is O=[C]OCCCC(Cl)CCl. The fraction of sp³-hybridized carbons (Fsp3) is 0.833. The van der Waals surface area contributed by atoms with Crippen LogP contribution in [0.25, 0.3) is 0 Å². The third kappa shape index (κ3) is 6.17. The van der Waals surface area contributed by atoms with Gasteiger partial charge in [0.05, 0.1) is 6.61 Å². The summed E-state index contributed by atoms with van der Waals surface area (Å²) in [7, 11) is 0. The van der Waals surface area contributed by atoms with E-state index >= 15 is 0 Å². The summed E-state index contributed by atoms with van der Waals surface area (Å²) in [5.74, 6) is 0.437. The normalized spacial score (nSPS) is 12.6. The van der Waals surface area contributed by atoms with Crippen molar-refractivity contribution in [3.63, 3.8) is 0 Å². The van der Waals surface area contributed by atoms with E-state index in [1.54, 1.807) is 0 Å². The van der Waals surface area contributed by atoms with Crippen LogP contribution in [0.4, 0.5) is 0 Å². The molecule has 0 fully saturated rings. The second-order valence-electron chi connectivity index (χ2n) is 1.83. The van der Waals surface area contributed by atoms with Crippen molar-refractivity contribution >= 4 is 29.7 Å². The molecule has 1 atom stereocenters. The molecule has 0 heterocycles. The van der Waals surface area contributed by atoms with Gasteiger partial charge in [0, 0.05) is 11.3 Å². The van der Waals surface area contributed by atoms with Crippen LogP contribution >= 0.6 is 23.2 Å². The predicted octanol–water partition coefficient (Wildman–Crippen LogP) is 1.70. The molecule has 10 heavy (non-hydrogen) atoms. The molecule has 0 aliphatic carbocycles. The van der Waals surface area contributed by atoms with Gasteiger partial charge in [-0.05, 0) is 12.8 Å². The molecule has 0 saturated heterocycles. The fourth-order valence-electron chi connectivity index (χ4n) is 0.496.